The van der Waals surface area contributed by atoms with Gasteiger partial charge in [0.05, 0.1) is 48.3 Å². The molecule has 4 rings (SSSR count). The number of hydrogen-bond acceptors (Lipinski definition) is 7. The molecule has 0 saturated carbocycles. The molecule has 1 N–H and O–H groups in total. The number of benzene rings is 3. The Bertz CT molecular complexity index is 1790. The summed E-state index contributed by atoms with van der Waals surface area (Å²) >= 11 is 12.6. The Morgan fingerprint density at radius 3 is 2.34 bits per heavy atom. The Kier molecular flexibility index (Phi) is 10.5. The second kappa shape index (κ2) is 14.1. The van der Waals surface area contributed by atoms with E-state index in [4.69, 9.17) is 37.4 Å². The number of hydrogen-bond donors (Lipinski definition) is 1. The zero-order valence-corrected chi connectivity index (χ0v) is 27.1. The molecule has 3 aromatic carbocycles. The molecule has 0 unspecified atom stereocenters. The summed E-state index contributed by atoms with van der Waals surface area (Å²) in [6, 6.07) is 17.7. The highest BCUT2D eigenvalue weighted by atomic mass is 35.5. The first kappa shape index (κ1) is 32.7. The zero-order chi connectivity index (χ0) is 32.0. The molecule has 0 fully saturated rings. The Labute approximate surface area is 266 Å². The number of ether oxygens (including phenoxy) is 3. The van der Waals surface area contributed by atoms with Gasteiger partial charge in [0.2, 0.25) is 0 Å². The SMILES string of the molecule is CCOc1ccc(N(CC(=O)N/N=C\c2cc(C)n(-c3cc(Cl)ccc3Cl)c2C)S(=O)(=O)c2ccc(OC)c(OC)c2)cc1. The Morgan fingerprint density at radius 2 is 1.68 bits per heavy atom. The van der Waals surface area contributed by atoms with Gasteiger partial charge in [-0.05, 0) is 81.4 Å². The standard InChI is InChI=1S/C31H32Cl2N4O6S/c1-6-43-25-10-8-24(9-11-25)36(44(39,40)26-12-14-29(41-4)30(17-26)42-5)19-31(38)35-34-18-22-15-20(2)37(21(22)3)28-16-23(32)7-13-27(28)33/h7-18H,6,19H2,1-5H3,(H,35,38)/b34-18-. The molecule has 0 atom stereocenters. The van der Waals surface area contributed by atoms with Crippen molar-refractivity contribution in [3.8, 4) is 22.9 Å². The fourth-order valence-electron chi connectivity index (χ4n) is 4.58. The maximum absolute atomic E-state index is 13.9. The predicted molar refractivity (Wildman–Crippen MR) is 173 cm³/mol. The van der Waals surface area contributed by atoms with Gasteiger partial charge in [-0.1, -0.05) is 23.2 Å². The molecule has 0 spiro atoms. The first-order chi connectivity index (χ1) is 21.0. The quantitative estimate of drug-likeness (QED) is 0.144. The van der Waals surface area contributed by atoms with Gasteiger partial charge in [0, 0.05) is 28.0 Å². The third kappa shape index (κ3) is 7.12. The second-order valence-corrected chi connectivity index (χ2v) is 12.2. The van der Waals surface area contributed by atoms with E-state index in [1.54, 1.807) is 42.5 Å². The Balaban J connectivity index is 1.60. The van der Waals surface area contributed by atoms with Crippen LogP contribution in [0.4, 0.5) is 5.69 Å². The topological polar surface area (TPSA) is 111 Å². The molecule has 0 aliphatic carbocycles. The van der Waals surface area contributed by atoms with Crippen molar-refractivity contribution in [1.29, 1.82) is 0 Å². The summed E-state index contributed by atoms with van der Waals surface area (Å²) in [5, 5.41) is 5.17. The monoisotopic (exact) mass is 658 g/mol. The molecule has 0 aliphatic heterocycles. The van der Waals surface area contributed by atoms with Gasteiger partial charge >= 0.3 is 0 Å². The molecule has 1 aromatic heterocycles. The molecule has 1 heterocycles. The van der Waals surface area contributed by atoms with Gasteiger partial charge in [-0.25, -0.2) is 13.8 Å². The Morgan fingerprint density at radius 1 is 0.977 bits per heavy atom. The van der Waals surface area contributed by atoms with E-state index in [0.717, 1.165) is 21.3 Å². The van der Waals surface area contributed by atoms with E-state index >= 15 is 0 Å². The minimum Gasteiger partial charge on any atom is -0.494 e. The van der Waals surface area contributed by atoms with E-state index in [1.807, 2.05) is 31.4 Å². The van der Waals surface area contributed by atoms with Crippen molar-refractivity contribution in [2.75, 3.05) is 31.7 Å². The van der Waals surface area contributed by atoms with Crippen LogP contribution >= 0.6 is 23.2 Å². The van der Waals surface area contributed by atoms with Gasteiger partial charge in [0.1, 0.15) is 12.3 Å². The van der Waals surface area contributed by atoms with Crippen LogP contribution in [0.5, 0.6) is 17.2 Å². The van der Waals surface area contributed by atoms with Crippen molar-refractivity contribution in [3.63, 3.8) is 0 Å². The first-order valence-electron chi connectivity index (χ1n) is 13.4. The van der Waals surface area contributed by atoms with Crippen molar-refractivity contribution in [2.45, 2.75) is 25.7 Å². The number of hydrazone groups is 1. The lowest BCUT2D eigenvalue weighted by Gasteiger charge is -2.24. The lowest BCUT2D eigenvalue weighted by molar-refractivity contribution is -0.119. The predicted octanol–water partition coefficient (Wildman–Crippen LogP) is 6.16. The maximum Gasteiger partial charge on any atom is 0.264 e. The molecule has 0 radical (unpaired) electrons. The summed E-state index contributed by atoms with van der Waals surface area (Å²) in [5.41, 5.74) is 5.82. The first-order valence-corrected chi connectivity index (χ1v) is 15.6. The van der Waals surface area contributed by atoms with Crippen molar-refractivity contribution in [1.82, 2.24) is 9.99 Å². The molecule has 4 aromatic rings. The van der Waals surface area contributed by atoms with Crippen LogP contribution in [0.1, 0.15) is 23.9 Å². The van der Waals surface area contributed by atoms with Crippen LogP contribution in [0.25, 0.3) is 5.69 Å². The van der Waals surface area contributed by atoms with Gasteiger partial charge in [-0.2, -0.15) is 5.10 Å². The van der Waals surface area contributed by atoms with Crippen molar-refractivity contribution in [3.05, 3.63) is 93.7 Å². The van der Waals surface area contributed by atoms with Crippen LogP contribution < -0.4 is 23.9 Å². The minimum atomic E-state index is -4.24. The average Bonchev–Trinajstić information content (AvgIpc) is 3.29. The molecule has 0 bridgehead atoms. The van der Waals surface area contributed by atoms with E-state index in [1.165, 1.54) is 38.6 Å². The summed E-state index contributed by atoms with van der Waals surface area (Å²) in [6.07, 6.45) is 1.49. The van der Waals surface area contributed by atoms with E-state index in [2.05, 4.69) is 10.5 Å². The van der Waals surface area contributed by atoms with Gasteiger partial charge in [0.15, 0.2) is 11.5 Å². The smallest absolute Gasteiger partial charge is 0.264 e. The number of anilines is 1. The third-order valence-corrected chi connectivity index (χ3v) is 9.00. The number of sulfonamides is 1. The highest BCUT2D eigenvalue weighted by Crippen LogP contribution is 2.33. The lowest BCUT2D eigenvalue weighted by atomic mass is 10.2. The molecule has 0 aliphatic rings. The highest BCUT2D eigenvalue weighted by Gasteiger charge is 2.28. The van der Waals surface area contributed by atoms with Gasteiger partial charge < -0.3 is 18.8 Å². The molecular weight excluding hydrogens is 627 g/mol. The van der Waals surface area contributed by atoms with Gasteiger partial charge in [-0.15, -0.1) is 0 Å². The normalized spacial score (nSPS) is 11.4. The van der Waals surface area contributed by atoms with Crippen LogP contribution in [-0.2, 0) is 14.8 Å². The summed E-state index contributed by atoms with van der Waals surface area (Å²) in [6.45, 7) is 5.53. The summed E-state index contributed by atoms with van der Waals surface area (Å²) in [4.78, 5) is 13.0. The highest BCUT2D eigenvalue weighted by molar-refractivity contribution is 7.92. The van der Waals surface area contributed by atoms with Crippen LogP contribution in [0.15, 0.2) is 76.7 Å². The lowest BCUT2D eigenvalue weighted by Crippen LogP contribution is -2.39. The number of carbonyl (C=O) groups excluding carboxylic acids is 1. The molecule has 0 saturated heterocycles. The number of methoxy groups -OCH3 is 2. The van der Waals surface area contributed by atoms with Gasteiger partial charge in [-0.3, -0.25) is 9.10 Å². The second-order valence-electron chi connectivity index (χ2n) is 9.51. The summed E-state index contributed by atoms with van der Waals surface area (Å²) < 4.78 is 46.7. The molecular formula is C31H32Cl2N4O6S. The maximum atomic E-state index is 13.9. The number of nitrogens with one attached hydrogen (secondary N) is 1. The third-order valence-electron chi connectivity index (χ3n) is 6.68. The van der Waals surface area contributed by atoms with E-state index in [0.29, 0.717) is 33.8 Å². The number of halogens is 2. The number of carbonyl (C=O) groups is 1. The van der Waals surface area contributed by atoms with Crippen molar-refractivity contribution < 1.29 is 27.4 Å². The van der Waals surface area contributed by atoms with Crippen LogP contribution in [0.2, 0.25) is 10.0 Å². The van der Waals surface area contributed by atoms with Crippen molar-refractivity contribution in [2.24, 2.45) is 5.10 Å². The van der Waals surface area contributed by atoms with E-state index in [9.17, 15) is 13.2 Å². The number of aromatic nitrogens is 1. The molecule has 44 heavy (non-hydrogen) atoms. The fourth-order valence-corrected chi connectivity index (χ4v) is 6.39. The van der Waals surface area contributed by atoms with Gasteiger partial charge in [0.25, 0.3) is 15.9 Å². The van der Waals surface area contributed by atoms with Crippen molar-refractivity contribution >= 4 is 51.0 Å². The fraction of sp³-hybridized carbons (Fsp3) is 0.226. The minimum absolute atomic E-state index is 0.0903. The number of amides is 1. The summed E-state index contributed by atoms with van der Waals surface area (Å²) in [7, 11) is -1.38. The zero-order valence-electron chi connectivity index (χ0n) is 24.8. The number of aryl methyl sites for hydroxylation is 1. The molecule has 10 nitrogen and oxygen atoms in total. The largest absolute Gasteiger partial charge is 0.494 e. The van der Waals surface area contributed by atoms with Crippen LogP contribution in [0, 0.1) is 13.8 Å². The van der Waals surface area contributed by atoms with E-state index < -0.39 is 22.5 Å². The number of rotatable bonds is 12. The van der Waals surface area contributed by atoms with Crippen LogP contribution in [0.3, 0.4) is 0 Å². The number of nitrogens with zero attached hydrogens (tertiary/aromatic N) is 3. The Hall–Kier alpha value is -4.19. The molecule has 232 valence electrons. The van der Waals surface area contributed by atoms with E-state index in [-0.39, 0.29) is 16.3 Å². The molecule has 1 amide bonds. The summed E-state index contributed by atoms with van der Waals surface area (Å²) in [5.74, 6) is 0.491. The average molecular weight is 660 g/mol. The molecule has 13 heteroatoms. The van der Waals surface area contributed by atoms with Crippen LogP contribution in [-0.4, -0.2) is 52.5 Å².